The summed E-state index contributed by atoms with van der Waals surface area (Å²) in [5, 5.41) is 9.75. The van der Waals surface area contributed by atoms with Crippen LogP contribution >= 0.6 is 0 Å². The van der Waals surface area contributed by atoms with Crippen molar-refractivity contribution in [1.29, 1.82) is 0 Å². The molecule has 1 aromatic heterocycles. The molecule has 2 heterocycles. The topological polar surface area (TPSA) is 85.2 Å². The largest absolute Gasteiger partial charge is 0.416 e. The molecule has 190 valence electrons. The fraction of sp³-hybridized carbons (Fsp3) is 0.320. The lowest BCUT2D eigenvalue weighted by molar-refractivity contribution is -0.267. The van der Waals surface area contributed by atoms with Crippen molar-refractivity contribution in [3.8, 4) is 16.9 Å². The van der Waals surface area contributed by atoms with Crippen LogP contribution in [-0.2, 0) is 20.9 Å². The van der Waals surface area contributed by atoms with Crippen LogP contribution in [0.4, 0.5) is 23.4 Å². The summed E-state index contributed by atoms with van der Waals surface area (Å²) in [5.41, 5.74) is -0.222. The molecule has 0 bridgehead atoms. The Bertz CT molecular complexity index is 1270. The second kappa shape index (κ2) is 9.73. The number of anilines is 1. The Morgan fingerprint density at radius 2 is 1.89 bits per heavy atom. The van der Waals surface area contributed by atoms with Crippen LogP contribution in [0.3, 0.4) is 0 Å². The maximum atomic E-state index is 13.5. The average Bonchev–Trinajstić information content (AvgIpc) is 3.44. The first kappa shape index (κ1) is 25.4. The van der Waals surface area contributed by atoms with Gasteiger partial charge < -0.3 is 15.4 Å². The monoisotopic (exact) mass is 504 g/mol. The average molecular weight is 504 g/mol. The van der Waals surface area contributed by atoms with Crippen LogP contribution in [0.25, 0.3) is 16.9 Å². The van der Waals surface area contributed by atoms with E-state index in [0.29, 0.717) is 22.5 Å². The number of nitrogens with zero attached hydrogens (tertiary/aromatic N) is 2. The van der Waals surface area contributed by atoms with E-state index in [4.69, 9.17) is 4.74 Å². The number of carbonyl (C=O) groups is 2. The van der Waals surface area contributed by atoms with Crippen LogP contribution in [0.15, 0.2) is 54.6 Å². The van der Waals surface area contributed by atoms with Gasteiger partial charge in [0.15, 0.2) is 11.4 Å². The van der Waals surface area contributed by atoms with Crippen molar-refractivity contribution in [3.63, 3.8) is 0 Å². The van der Waals surface area contributed by atoms with Crippen LogP contribution < -0.4 is 10.6 Å². The number of benzene rings is 2. The zero-order valence-corrected chi connectivity index (χ0v) is 19.5. The van der Waals surface area contributed by atoms with Crippen LogP contribution in [0.2, 0.25) is 0 Å². The second-order valence-electron chi connectivity index (χ2n) is 8.99. The molecule has 1 saturated heterocycles. The molecule has 11 heteroatoms. The van der Waals surface area contributed by atoms with Gasteiger partial charge in [0.05, 0.1) is 23.9 Å². The fourth-order valence-corrected chi connectivity index (χ4v) is 3.61. The molecular weight excluding hydrogens is 480 g/mol. The Labute approximate surface area is 204 Å². The molecule has 2 amide bonds. The van der Waals surface area contributed by atoms with E-state index >= 15 is 0 Å². The summed E-state index contributed by atoms with van der Waals surface area (Å²) in [6, 6.07) is 13.9. The van der Waals surface area contributed by atoms with E-state index in [1.165, 1.54) is 28.9 Å². The summed E-state index contributed by atoms with van der Waals surface area (Å²) >= 11 is 0. The third kappa shape index (κ3) is 5.56. The van der Waals surface area contributed by atoms with Gasteiger partial charge in [0.2, 0.25) is 11.8 Å². The van der Waals surface area contributed by atoms with Gasteiger partial charge in [-0.1, -0.05) is 18.2 Å². The highest BCUT2D eigenvalue weighted by molar-refractivity contribution is 5.97. The van der Waals surface area contributed by atoms with Gasteiger partial charge in [-0.15, -0.1) is 5.10 Å². The zero-order chi connectivity index (χ0) is 26.1. The lowest BCUT2D eigenvalue weighted by Gasteiger charge is -2.28. The molecule has 2 aromatic carbocycles. The molecule has 36 heavy (non-hydrogen) atoms. The number of halogens is 4. The predicted octanol–water partition coefficient (Wildman–Crippen LogP) is 4.61. The molecular formula is C25H24F4N4O3. The minimum atomic E-state index is -4.53. The molecule has 2 N–H and O–H groups in total. The van der Waals surface area contributed by atoms with Gasteiger partial charge >= 0.3 is 6.18 Å². The van der Waals surface area contributed by atoms with Crippen LogP contribution in [0.1, 0.15) is 25.8 Å². The summed E-state index contributed by atoms with van der Waals surface area (Å²) in [7, 11) is 0. The summed E-state index contributed by atoms with van der Waals surface area (Å²) in [6.07, 6.45) is -4.45. The summed E-state index contributed by atoms with van der Waals surface area (Å²) in [4.78, 5) is 24.1. The molecule has 0 radical (unpaired) electrons. The number of rotatable bonds is 7. The molecule has 1 fully saturated rings. The van der Waals surface area contributed by atoms with Crippen LogP contribution in [-0.4, -0.2) is 39.9 Å². The van der Waals surface area contributed by atoms with E-state index in [9.17, 15) is 27.2 Å². The number of hydrogen-bond acceptors (Lipinski definition) is 4. The maximum absolute atomic E-state index is 13.5. The van der Waals surface area contributed by atoms with Crippen molar-refractivity contribution in [3.05, 3.63) is 66.0 Å². The minimum absolute atomic E-state index is 0.0771. The van der Waals surface area contributed by atoms with Gasteiger partial charge in [0.25, 0.3) is 0 Å². The minimum Gasteiger partial charge on any atom is -0.361 e. The van der Waals surface area contributed by atoms with E-state index < -0.39 is 23.5 Å². The molecule has 0 aliphatic carbocycles. The van der Waals surface area contributed by atoms with Gasteiger partial charge in [-0.3, -0.25) is 9.59 Å². The van der Waals surface area contributed by atoms with Gasteiger partial charge in [-0.2, -0.15) is 13.2 Å². The summed E-state index contributed by atoms with van der Waals surface area (Å²) in [5.74, 6) is -1.35. The molecule has 3 aromatic rings. The first-order valence-electron chi connectivity index (χ1n) is 11.2. The Balaban J connectivity index is 1.64. The number of hydrogen-bond donors (Lipinski definition) is 2. The number of nitrogens with one attached hydrogen (secondary N) is 2. The molecule has 1 aliphatic heterocycles. The Morgan fingerprint density at radius 1 is 1.17 bits per heavy atom. The number of ether oxygens (including phenoxy) is 1. The molecule has 0 spiro atoms. The smallest absolute Gasteiger partial charge is 0.361 e. The first-order valence-corrected chi connectivity index (χ1v) is 11.2. The molecule has 1 atom stereocenters. The summed E-state index contributed by atoms with van der Waals surface area (Å²) < 4.78 is 59.7. The predicted molar refractivity (Wildman–Crippen MR) is 124 cm³/mol. The zero-order valence-electron chi connectivity index (χ0n) is 19.5. The van der Waals surface area contributed by atoms with E-state index in [0.717, 1.165) is 13.8 Å². The Kier molecular flexibility index (Phi) is 6.85. The SMILES string of the molecule is CC(C)(OCc1cccc(-c2cc(NC(=O)[C@@H]3CNC(=O)C3)nn2-c2ccc(F)cc2)c1)C(F)(F)F. The van der Waals surface area contributed by atoms with Crippen molar-refractivity contribution in [1.82, 2.24) is 15.1 Å². The van der Waals surface area contributed by atoms with Crippen molar-refractivity contribution < 1.29 is 31.9 Å². The molecule has 0 unspecified atom stereocenters. The normalized spacial score (nSPS) is 16.2. The third-order valence-corrected chi connectivity index (χ3v) is 5.89. The van der Waals surface area contributed by atoms with Crippen LogP contribution in [0, 0.1) is 11.7 Å². The Hall–Kier alpha value is -3.73. The van der Waals surface area contributed by atoms with Gasteiger partial charge in [0.1, 0.15) is 5.82 Å². The first-order chi connectivity index (χ1) is 16.9. The van der Waals surface area contributed by atoms with E-state index in [-0.39, 0.29) is 37.2 Å². The lowest BCUT2D eigenvalue weighted by Crippen LogP contribution is -2.41. The van der Waals surface area contributed by atoms with Gasteiger partial charge in [0, 0.05) is 24.6 Å². The fourth-order valence-electron chi connectivity index (χ4n) is 3.61. The van der Waals surface area contributed by atoms with Crippen LogP contribution in [0.5, 0.6) is 0 Å². The van der Waals surface area contributed by atoms with Crippen molar-refractivity contribution in [2.24, 2.45) is 5.92 Å². The molecule has 1 aliphatic rings. The highest BCUT2D eigenvalue weighted by Gasteiger charge is 2.48. The second-order valence-corrected chi connectivity index (χ2v) is 8.99. The van der Waals surface area contributed by atoms with Crippen molar-refractivity contribution >= 4 is 17.6 Å². The van der Waals surface area contributed by atoms with E-state index in [1.807, 2.05) is 0 Å². The van der Waals surface area contributed by atoms with Crippen molar-refractivity contribution in [2.75, 3.05) is 11.9 Å². The standard InChI is InChI=1S/C25H24F4N4O3/c1-24(2,25(27,28)29)36-14-15-4-3-5-16(10-15)20-12-21(31-23(35)17-11-22(34)30-13-17)32-33(20)19-8-6-18(26)7-9-19/h3-10,12,17H,11,13-14H2,1-2H3,(H,30,34)(H,31,32,35)/t17-/m0/s1. The number of aromatic nitrogens is 2. The Morgan fingerprint density at radius 3 is 2.53 bits per heavy atom. The highest BCUT2D eigenvalue weighted by atomic mass is 19.4. The molecule has 7 nitrogen and oxygen atoms in total. The lowest BCUT2D eigenvalue weighted by atomic mass is 10.1. The molecule has 0 saturated carbocycles. The summed E-state index contributed by atoms with van der Waals surface area (Å²) in [6.45, 7) is 1.87. The van der Waals surface area contributed by atoms with Crippen molar-refractivity contribution in [2.45, 2.75) is 38.7 Å². The van der Waals surface area contributed by atoms with Gasteiger partial charge in [-0.25, -0.2) is 9.07 Å². The third-order valence-electron chi connectivity index (χ3n) is 5.89. The number of carbonyl (C=O) groups excluding carboxylic acids is 2. The maximum Gasteiger partial charge on any atom is 0.416 e. The van der Waals surface area contributed by atoms with E-state index in [1.54, 1.807) is 30.3 Å². The van der Waals surface area contributed by atoms with Gasteiger partial charge in [-0.05, 0) is 49.7 Å². The van der Waals surface area contributed by atoms with E-state index in [2.05, 4.69) is 15.7 Å². The quantitative estimate of drug-likeness (QED) is 0.461. The highest BCUT2D eigenvalue weighted by Crippen LogP contribution is 2.34. The number of alkyl halides is 3. The molecule has 4 rings (SSSR count). The number of amides is 2.